The van der Waals surface area contributed by atoms with Crippen LogP contribution in [-0.2, 0) is 17.8 Å². The number of methoxy groups -OCH3 is 1. The molecule has 1 aromatic heterocycles. The number of rotatable bonds is 7. The lowest BCUT2D eigenvalue weighted by Gasteiger charge is -2.14. The van der Waals surface area contributed by atoms with Crippen LogP contribution in [0.3, 0.4) is 0 Å². The monoisotopic (exact) mass is 543 g/mol. The van der Waals surface area contributed by atoms with E-state index in [-0.39, 0.29) is 42.8 Å². The number of carbonyl (C=O) groups excluding carboxylic acids is 1. The molecule has 0 aliphatic rings. The van der Waals surface area contributed by atoms with E-state index in [4.69, 9.17) is 16.0 Å². The van der Waals surface area contributed by atoms with Gasteiger partial charge in [0.25, 0.3) is 0 Å². The van der Waals surface area contributed by atoms with Gasteiger partial charge in [-0.25, -0.2) is 4.79 Å². The van der Waals surface area contributed by atoms with Crippen LogP contribution in [0.25, 0.3) is 0 Å². The standard InChI is InChI=1S/C18H20ClF2N3O4.HI/c1-10-14(16(25)26-3)7-13(27-10)9-24-18(22-2)23-8-11-6-12(19)4-5-15(11)28-17(20)21;/h4-7,17H,8-9H2,1-3H3,(H2,22,23,24);1H. The lowest BCUT2D eigenvalue weighted by atomic mass is 10.2. The van der Waals surface area contributed by atoms with Crippen LogP contribution >= 0.6 is 35.6 Å². The Kier molecular flexibility index (Phi) is 10.2. The first kappa shape index (κ1) is 25.0. The molecule has 0 bridgehead atoms. The van der Waals surface area contributed by atoms with Crippen molar-refractivity contribution in [2.24, 2.45) is 4.99 Å². The summed E-state index contributed by atoms with van der Waals surface area (Å²) >= 11 is 5.93. The molecule has 1 aromatic carbocycles. The molecule has 0 aliphatic heterocycles. The number of esters is 1. The second-order valence-corrected chi connectivity index (χ2v) is 6.02. The summed E-state index contributed by atoms with van der Waals surface area (Å²) in [6, 6.07) is 5.95. The Hall–Kier alpha value is -2.08. The number of guanidine groups is 1. The van der Waals surface area contributed by atoms with E-state index in [2.05, 4.69) is 25.1 Å². The lowest BCUT2D eigenvalue weighted by Crippen LogP contribution is -2.36. The van der Waals surface area contributed by atoms with Gasteiger partial charge in [-0.2, -0.15) is 8.78 Å². The second kappa shape index (κ2) is 11.8. The van der Waals surface area contributed by atoms with E-state index < -0.39 is 12.6 Å². The molecule has 0 spiro atoms. The first-order valence-electron chi connectivity index (χ1n) is 8.19. The Morgan fingerprint density at radius 1 is 1.28 bits per heavy atom. The van der Waals surface area contributed by atoms with Crippen molar-refractivity contribution in [3.05, 3.63) is 51.9 Å². The molecule has 0 atom stereocenters. The fraction of sp³-hybridized carbons (Fsp3) is 0.333. The lowest BCUT2D eigenvalue weighted by molar-refractivity contribution is -0.0504. The van der Waals surface area contributed by atoms with Gasteiger partial charge in [0.2, 0.25) is 0 Å². The topological polar surface area (TPSA) is 85.1 Å². The highest BCUT2D eigenvalue weighted by molar-refractivity contribution is 14.0. The zero-order chi connectivity index (χ0) is 20.7. The number of hydrogen-bond acceptors (Lipinski definition) is 5. The number of ether oxygens (including phenoxy) is 2. The molecule has 0 fully saturated rings. The summed E-state index contributed by atoms with van der Waals surface area (Å²) in [5.74, 6) is 0.871. The van der Waals surface area contributed by atoms with Crippen LogP contribution in [0.1, 0.15) is 27.4 Å². The molecule has 0 amide bonds. The summed E-state index contributed by atoms with van der Waals surface area (Å²) in [4.78, 5) is 15.7. The second-order valence-electron chi connectivity index (χ2n) is 5.58. The molecule has 11 heteroatoms. The zero-order valence-corrected chi connectivity index (χ0v) is 19.0. The number of halogens is 4. The fourth-order valence-electron chi connectivity index (χ4n) is 2.41. The number of furan rings is 1. The summed E-state index contributed by atoms with van der Waals surface area (Å²) in [7, 11) is 2.84. The van der Waals surface area contributed by atoms with Crippen LogP contribution in [0.2, 0.25) is 5.02 Å². The predicted octanol–water partition coefficient (Wildman–Crippen LogP) is 4.11. The van der Waals surface area contributed by atoms with Gasteiger partial charge in [-0.1, -0.05) is 11.6 Å². The van der Waals surface area contributed by atoms with Gasteiger partial charge >= 0.3 is 12.6 Å². The minimum Gasteiger partial charge on any atom is -0.465 e. The third-order valence-electron chi connectivity index (χ3n) is 3.71. The summed E-state index contributed by atoms with van der Waals surface area (Å²) in [5, 5.41) is 6.37. The van der Waals surface area contributed by atoms with Crippen LogP contribution in [-0.4, -0.2) is 32.7 Å². The van der Waals surface area contributed by atoms with E-state index in [1.807, 2.05) is 0 Å². The molecule has 2 N–H and O–H groups in total. The molecule has 0 saturated carbocycles. The van der Waals surface area contributed by atoms with Gasteiger partial charge in [0.1, 0.15) is 22.8 Å². The van der Waals surface area contributed by atoms with Gasteiger partial charge in [-0.05, 0) is 31.2 Å². The number of hydrogen-bond donors (Lipinski definition) is 2. The number of benzene rings is 1. The van der Waals surface area contributed by atoms with Gasteiger partial charge in [0.05, 0.1) is 13.7 Å². The number of aliphatic imine (C=N–C) groups is 1. The molecular weight excluding hydrogens is 523 g/mol. The van der Waals surface area contributed by atoms with Gasteiger partial charge in [0, 0.05) is 24.2 Å². The number of aryl methyl sites for hydroxylation is 1. The molecule has 160 valence electrons. The molecule has 2 aromatic rings. The Balaban J connectivity index is 0.00000420. The molecule has 29 heavy (non-hydrogen) atoms. The number of nitrogens with one attached hydrogen (secondary N) is 2. The average Bonchev–Trinajstić information content (AvgIpc) is 3.03. The van der Waals surface area contributed by atoms with E-state index in [0.29, 0.717) is 33.6 Å². The van der Waals surface area contributed by atoms with Crippen LogP contribution in [0.15, 0.2) is 33.7 Å². The third-order valence-corrected chi connectivity index (χ3v) is 3.95. The quantitative estimate of drug-likeness (QED) is 0.237. The maximum atomic E-state index is 12.5. The molecular formula is C18H21ClF2IN3O4. The van der Waals surface area contributed by atoms with Gasteiger partial charge < -0.3 is 24.5 Å². The van der Waals surface area contributed by atoms with Gasteiger partial charge in [0.15, 0.2) is 5.96 Å². The highest BCUT2D eigenvalue weighted by Gasteiger charge is 2.16. The summed E-state index contributed by atoms with van der Waals surface area (Å²) in [6.07, 6.45) is 0. The van der Waals surface area contributed by atoms with Crippen molar-refractivity contribution in [3.8, 4) is 5.75 Å². The van der Waals surface area contributed by atoms with E-state index in [1.54, 1.807) is 20.0 Å². The van der Waals surface area contributed by atoms with Crippen LogP contribution < -0.4 is 15.4 Å². The van der Waals surface area contributed by atoms with Crippen molar-refractivity contribution in [1.29, 1.82) is 0 Å². The molecule has 0 radical (unpaired) electrons. The van der Waals surface area contributed by atoms with Crippen molar-refractivity contribution in [2.45, 2.75) is 26.6 Å². The van der Waals surface area contributed by atoms with Crippen LogP contribution in [0.5, 0.6) is 5.75 Å². The van der Waals surface area contributed by atoms with Crippen molar-refractivity contribution in [3.63, 3.8) is 0 Å². The van der Waals surface area contributed by atoms with E-state index >= 15 is 0 Å². The van der Waals surface area contributed by atoms with Crippen molar-refractivity contribution in [2.75, 3.05) is 14.2 Å². The molecule has 0 saturated heterocycles. The predicted molar refractivity (Wildman–Crippen MR) is 115 cm³/mol. The smallest absolute Gasteiger partial charge is 0.387 e. The average molecular weight is 544 g/mol. The van der Waals surface area contributed by atoms with Crippen molar-refractivity contribution in [1.82, 2.24) is 10.6 Å². The molecule has 1 heterocycles. The molecule has 2 rings (SSSR count). The largest absolute Gasteiger partial charge is 0.465 e. The SMILES string of the molecule is CN=C(NCc1cc(C(=O)OC)c(C)o1)NCc1cc(Cl)ccc1OC(F)F.I. The minimum absolute atomic E-state index is 0. The summed E-state index contributed by atoms with van der Waals surface area (Å²) in [6.45, 7) is -0.893. The summed E-state index contributed by atoms with van der Waals surface area (Å²) in [5.41, 5.74) is 0.785. The Morgan fingerprint density at radius 2 is 1.97 bits per heavy atom. The third kappa shape index (κ3) is 7.35. The van der Waals surface area contributed by atoms with Crippen molar-refractivity contribution < 1.29 is 27.5 Å². The zero-order valence-electron chi connectivity index (χ0n) is 15.9. The first-order chi connectivity index (χ1) is 13.3. The summed E-state index contributed by atoms with van der Waals surface area (Å²) < 4.78 is 39.8. The van der Waals surface area contributed by atoms with E-state index in [1.165, 1.54) is 25.3 Å². The Labute approximate surface area is 188 Å². The fourth-order valence-corrected chi connectivity index (χ4v) is 2.61. The number of alkyl halides is 2. The number of nitrogens with zero attached hydrogens (tertiary/aromatic N) is 1. The van der Waals surface area contributed by atoms with Crippen molar-refractivity contribution >= 4 is 47.5 Å². The minimum atomic E-state index is -2.94. The Bertz CT molecular complexity index is 862. The molecule has 0 aliphatic carbocycles. The van der Waals surface area contributed by atoms with E-state index in [0.717, 1.165) is 0 Å². The normalized spacial score (nSPS) is 11.1. The highest BCUT2D eigenvalue weighted by atomic mass is 127. The first-order valence-corrected chi connectivity index (χ1v) is 8.57. The molecule has 7 nitrogen and oxygen atoms in total. The van der Waals surface area contributed by atoms with Crippen LogP contribution in [0, 0.1) is 6.92 Å². The Morgan fingerprint density at radius 3 is 2.59 bits per heavy atom. The highest BCUT2D eigenvalue weighted by Crippen LogP contribution is 2.24. The maximum absolute atomic E-state index is 12.5. The van der Waals surface area contributed by atoms with Gasteiger partial charge in [-0.3, -0.25) is 4.99 Å². The van der Waals surface area contributed by atoms with Crippen LogP contribution in [0.4, 0.5) is 8.78 Å². The number of carbonyl (C=O) groups is 1. The molecule has 0 unspecified atom stereocenters. The van der Waals surface area contributed by atoms with Gasteiger partial charge in [-0.15, -0.1) is 24.0 Å². The maximum Gasteiger partial charge on any atom is 0.387 e. The van der Waals surface area contributed by atoms with E-state index in [9.17, 15) is 13.6 Å².